The Bertz CT molecular complexity index is 1360. The normalized spacial score (nSPS) is 28.6. The first-order valence-electron chi connectivity index (χ1n) is 11.2. The molecular formula is C22H24F3N7O2. The molecule has 4 fully saturated rings. The van der Waals surface area contributed by atoms with E-state index in [0.717, 1.165) is 5.56 Å². The Morgan fingerprint density at radius 2 is 1.85 bits per heavy atom. The summed E-state index contributed by atoms with van der Waals surface area (Å²) in [4.78, 5) is 28.9. The summed E-state index contributed by atoms with van der Waals surface area (Å²) < 4.78 is 49.7. The van der Waals surface area contributed by atoms with Crippen LogP contribution in [-0.4, -0.2) is 55.2 Å². The van der Waals surface area contributed by atoms with Crippen molar-refractivity contribution >= 4 is 17.0 Å². The lowest BCUT2D eigenvalue weighted by molar-refractivity contribution is -0.337. The molecule has 180 valence electrons. The summed E-state index contributed by atoms with van der Waals surface area (Å²) in [5.74, 6) is 0.795. The highest BCUT2D eigenvalue weighted by Gasteiger charge is 2.79. The molecule has 4 aliphatic rings. The second-order valence-electron chi connectivity index (χ2n) is 9.93. The Morgan fingerprint density at radius 1 is 1.12 bits per heavy atom. The average molecular weight is 475 g/mol. The van der Waals surface area contributed by atoms with Gasteiger partial charge in [0.05, 0.1) is 30.5 Å². The van der Waals surface area contributed by atoms with Gasteiger partial charge in [0.2, 0.25) is 5.95 Å². The van der Waals surface area contributed by atoms with Gasteiger partial charge in [-0.25, -0.2) is 15.0 Å². The highest BCUT2D eigenvalue weighted by atomic mass is 19.4. The molecule has 0 radical (unpaired) electrons. The minimum atomic E-state index is -4.24. The minimum Gasteiger partial charge on any atom is -0.370 e. The number of aryl methyl sites for hydroxylation is 2. The monoisotopic (exact) mass is 475 g/mol. The van der Waals surface area contributed by atoms with Gasteiger partial charge < -0.3 is 9.64 Å². The molecule has 0 aromatic carbocycles. The van der Waals surface area contributed by atoms with Crippen molar-refractivity contribution < 1.29 is 17.9 Å². The van der Waals surface area contributed by atoms with Crippen LogP contribution in [0, 0.1) is 12.3 Å². The zero-order valence-electron chi connectivity index (χ0n) is 19.1. The largest absolute Gasteiger partial charge is 0.394 e. The Kier molecular flexibility index (Phi) is 4.28. The van der Waals surface area contributed by atoms with Crippen LogP contribution in [0.4, 0.5) is 19.1 Å². The van der Waals surface area contributed by atoms with E-state index in [0.29, 0.717) is 42.7 Å². The number of hydrogen-bond donors (Lipinski definition) is 0. The number of fused-ring (bicyclic) bond motifs is 1. The summed E-state index contributed by atoms with van der Waals surface area (Å²) in [6.45, 7) is 3.05. The fourth-order valence-corrected chi connectivity index (χ4v) is 5.73. The summed E-state index contributed by atoms with van der Waals surface area (Å²) in [5, 5.41) is 4.20. The maximum Gasteiger partial charge on any atom is 0.394 e. The smallest absolute Gasteiger partial charge is 0.370 e. The van der Waals surface area contributed by atoms with E-state index in [2.05, 4.69) is 15.1 Å². The van der Waals surface area contributed by atoms with Crippen LogP contribution in [0.3, 0.4) is 0 Å². The van der Waals surface area contributed by atoms with E-state index >= 15 is 0 Å². The molecule has 7 rings (SSSR count). The Labute approximate surface area is 192 Å². The van der Waals surface area contributed by atoms with E-state index in [1.165, 1.54) is 4.57 Å². The number of alkyl halides is 3. The predicted octanol–water partition coefficient (Wildman–Crippen LogP) is 2.33. The number of hydrogen-bond acceptors (Lipinski definition) is 7. The third-order valence-corrected chi connectivity index (χ3v) is 7.72. The van der Waals surface area contributed by atoms with Crippen LogP contribution in [0.15, 0.2) is 17.2 Å². The molecule has 0 spiro atoms. The number of halogens is 3. The maximum atomic E-state index is 13.5. The van der Waals surface area contributed by atoms with E-state index in [4.69, 9.17) is 9.72 Å². The van der Waals surface area contributed by atoms with Crippen LogP contribution in [0.5, 0.6) is 0 Å². The average Bonchev–Trinajstić information content (AvgIpc) is 3.16. The van der Waals surface area contributed by atoms with Crippen molar-refractivity contribution in [3.8, 4) is 0 Å². The van der Waals surface area contributed by atoms with Crippen molar-refractivity contribution in [3.05, 3.63) is 39.8 Å². The fourth-order valence-electron chi connectivity index (χ4n) is 5.73. The molecule has 3 aromatic heterocycles. The third kappa shape index (κ3) is 2.87. The highest BCUT2D eigenvalue weighted by Crippen LogP contribution is 2.78. The van der Waals surface area contributed by atoms with Crippen LogP contribution in [0.1, 0.15) is 42.4 Å². The van der Waals surface area contributed by atoms with Gasteiger partial charge in [0.15, 0.2) is 5.52 Å². The molecule has 9 nitrogen and oxygen atoms in total. The van der Waals surface area contributed by atoms with Crippen molar-refractivity contribution in [1.82, 2.24) is 29.3 Å². The van der Waals surface area contributed by atoms with Gasteiger partial charge in [-0.3, -0.25) is 14.0 Å². The Morgan fingerprint density at radius 3 is 2.50 bits per heavy atom. The molecular weight excluding hydrogens is 451 g/mol. The lowest BCUT2D eigenvalue weighted by Gasteiger charge is -2.70. The number of ether oxygens (including phenoxy) is 1. The van der Waals surface area contributed by atoms with Crippen molar-refractivity contribution in [3.63, 3.8) is 0 Å². The summed E-state index contributed by atoms with van der Waals surface area (Å²) in [7, 11) is 3.43. The van der Waals surface area contributed by atoms with Crippen molar-refractivity contribution in [2.75, 3.05) is 24.6 Å². The van der Waals surface area contributed by atoms with Crippen molar-refractivity contribution in [1.29, 1.82) is 0 Å². The number of anilines is 1. The standard InChI is InChI=1S/C22H24F3N7O2/c1-12-27-15-16(18(33)31(12)3)28-19(29-17(15)20-9-21(10-20,11-20)22(23,24)25)32-4-5-34-14(8-32)13-6-26-30(2)7-13/h6-7,14H,4-5,8-11H2,1-3H3/t14-,20?,21?/m1/s1. The highest BCUT2D eigenvalue weighted by molar-refractivity contribution is 5.79. The zero-order valence-corrected chi connectivity index (χ0v) is 19.1. The van der Waals surface area contributed by atoms with Gasteiger partial charge in [0.25, 0.3) is 5.56 Å². The van der Waals surface area contributed by atoms with Gasteiger partial charge in [-0.05, 0) is 26.2 Å². The molecule has 1 aliphatic heterocycles. The minimum absolute atomic E-state index is 0.0214. The molecule has 0 N–H and O–H groups in total. The number of rotatable bonds is 3. The molecule has 1 saturated heterocycles. The van der Waals surface area contributed by atoms with E-state index < -0.39 is 17.0 Å². The maximum absolute atomic E-state index is 13.5. The van der Waals surface area contributed by atoms with Crippen LogP contribution in [-0.2, 0) is 24.2 Å². The topological polar surface area (TPSA) is 91.0 Å². The van der Waals surface area contributed by atoms with Gasteiger partial charge in [-0.15, -0.1) is 0 Å². The lowest BCUT2D eigenvalue weighted by Crippen LogP contribution is -2.70. The summed E-state index contributed by atoms with van der Waals surface area (Å²) in [5.41, 5.74) is -0.853. The van der Waals surface area contributed by atoms with E-state index in [1.807, 2.05) is 18.1 Å². The summed E-state index contributed by atoms with van der Waals surface area (Å²) in [6, 6.07) is 0. The predicted molar refractivity (Wildman–Crippen MR) is 115 cm³/mol. The second kappa shape index (κ2) is 6.77. The van der Waals surface area contributed by atoms with Gasteiger partial charge in [0, 0.05) is 37.8 Å². The molecule has 4 heterocycles. The molecule has 2 bridgehead atoms. The van der Waals surface area contributed by atoms with Crippen molar-refractivity contribution in [2.45, 2.75) is 43.9 Å². The van der Waals surface area contributed by atoms with Crippen LogP contribution >= 0.6 is 0 Å². The number of nitrogens with zero attached hydrogens (tertiary/aromatic N) is 7. The molecule has 3 aromatic rings. The Hall–Kier alpha value is -3.02. The van der Waals surface area contributed by atoms with Gasteiger partial charge in [-0.2, -0.15) is 18.3 Å². The first-order chi connectivity index (χ1) is 16.0. The second-order valence-corrected chi connectivity index (χ2v) is 9.93. The molecule has 3 aliphatic carbocycles. The fraction of sp³-hybridized carbons (Fsp3) is 0.591. The van der Waals surface area contributed by atoms with Gasteiger partial charge in [-0.1, -0.05) is 0 Å². The zero-order chi connectivity index (χ0) is 24.0. The first-order valence-corrected chi connectivity index (χ1v) is 11.2. The summed E-state index contributed by atoms with van der Waals surface area (Å²) >= 11 is 0. The van der Waals surface area contributed by atoms with E-state index in [1.54, 1.807) is 24.9 Å². The van der Waals surface area contributed by atoms with Crippen LogP contribution < -0.4 is 10.5 Å². The molecule has 0 unspecified atom stereocenters. The lowest BCUT2D eigenvalue weighted by atomic mass is 9.34. The molecule has 1 atom stereocenters. The van der Waals surface area contributed by atoms with E-state index in [-0.39, 0.29) is 36.4 Å². The SMILES string of the molecule is Cc1nc2c(C34CC(C(F)(F)F)(C3)C4)nc(N3CCO[C@@H](c4cnn(C)c4)C3)nc2c(=O)n1C. The van der Waals surface area contributed by atoms with Gasteiger partial charge in [0.1, 0.15) is 17.4 Å². The molecule has 3 saturated carbocycles. The molecule has 12 heteroatoms. The quantitative estimate of drug-likeness (QED) is 0.574. The molecule has 0 amide bonds. The Balaban J connectivity index is 1.43. The van der Waals surface area contributed by atoms with Crippen molar-refractivity contribution in [2.24, 2.45) is 19.5 Å². The van der Waals surface area contributed by atoms with Crippen LogP contribution in [0.2, 0.25) is 0 Å². The first kappa shape index (κ1) is 21.5. The van der Waals surface area contributed by atoms with Gasteiger partial charge >= 0.3 is 6.18 Å². The van der Waals surface area contributed by atoms with E-state index in [9.17, 15) is 18.0 Å². The third-order valence-electron chi connectivity index (χ3n) is 7.72. The molecule has 34 heavy (non-hydrogen) atoms. The van der Waals surface area contributed by atoms with Crippen LogP contribution in [0.25, 0.3) is 11.0 Å². The summed E-state index contributed by atoms with van der Waals surface area (Å²) in [6.07, 6.45) is -0.942. The number of morpholine rings is 1. The number of aromatic nitrogens is 6.